The van der Waals surface area contributed by atoms with Crippen molar-refractivity contribution in [2.24, 2.45) is 11.7 Å². The van der Waals surface area contributed by atoms with Crippen LogP contribution in [0.2, 0.25) is 0 Å². The molecule has 0 aliphatic heterocycles. The van der Waals surface area contributed by atoms with Crippen molar-refractivity contribution in [3.63, 3.8) is 0 Å². The smallest absolute Gasteiger partial charge is 0.165 e. The summed E-state index contributed by atoms with van der Waals surface area (Å²) < 4.78 is 18.6. The lowest BCUT2D eigenvalue weighted by atomic mass is 9.71. The molecule has 1 aliphatic carbocycles. The molecular formula is C15H22FNO. The first-order chi connectivity index (χ1) is 8.55. The fraction of sp³-hybridized carbons (Fsp3) is 0.600. The van der Waals surface area contributed by atoms with Crippen LogP contribution in [0, 0.1) is 11.7 Å². The highest BCUT2D eigenvalue weighted by Gasteiger charge is 2.34. The fourth-order valence-electron chi connectivity index (χ4n) is 2.90. The van der Waals surface area contributed by atoms with E-state index in [-0.39, 0.29) is 11.4 Å². The minimum atomic E-state index is -0.304. The second kappa shape index (κ2) is 5.27. The lowest BCUT2D eigenvalue weighted by Gasteiger charge is -2.39. The van der Waals surface area contributed by atoms with E-state index in [1.54, 1.807) is 12.1 Å². The molecule has 0 aromatic heterocycles. The third-order valence-corrected chi connectivity index (χ3v) is 4.26. The molecule has 0 bridgehead atoms. The lowest BCUT2D eigenvalue weighted by molar-refractivity contribution is 0.203. The molecule has 3 heteroatoms. The number of hydrogen-bond donors (Lipinski definition) is 1. The Labute approximate surface area is 108 Å². The van der Waals surface area contributed by atoms with Gasteiger partial charge in [-0.25, -0.2) is 4.39 Å². The molecule has 0 amide bonds. The largest absolute Gasteiger partial charge is 0.494 e. The maximum absolute atomic E-state index is 13.7. The van der Waals surface area contributed by atoms with Crippen LogP contribution in [0.5, 0.6) is 5.75 Å². The predicted octanol–water partition coefficient (Wildman–Crippen LogP) is 3.28. The summed E-state index contributed by atoms with van der Waals surface area (Å²) in [5.74, 6) is 0.486. The average Bonchev–Trinajstić information content (AvgIpc) is 2.33. The predicted molar refractivity (Wildman–Crippen MR) is 71.2 cm³/mol. The molecule has 0 spiro atoms. The number of halogens is 1. The van der Waals surface area contributed by atoms with E-state index in [4.69, 9.17) is 10.5 Å². The summed E-state index contributed by atoms with van der Waals surface area (Å²) in [6, 6.07) is 5.15. The minimum absolute atomic E-state index is 0.181. The zero-order valence-corrected chi connectivity index (χ0v) is 11.2. The molecule has 0 radical (unpaired) electrons. The van der Waals surface area contributed by atoms with E-state index < -0.39 is 0 Å². The number of rotatable bonds is 3. The van der Waals surface area contributed by atoms with Gasteiger partial charge in [0, 0.05) is 5.54 Å². The summed E-state index contributed by atoms with van der Waals surface area (Å²) in [6.07, 6.45) is 5.39. The highest BCUT2D eigenvalue weighted by atomic mass is 19.1. The Morgan fingerprint density at radius 1 is 1.44 bits per heavy atom. The number of benzene rings is 1. The summed E-state index contributed by atoms with van der Waals surface area (Å²) >= 11 is 0. The summed E-state index contributed by atoms with van der Waals surface area (Å²) in [7, 11) is 1.48. The first-order valence-corrected chi connectivity index (χ1v) is 6.66. The Balaban J connectivity index is 2.15. The molecule has 0 saturated heterocycles. The monoisotopic (exact) mass is 251 g/mol. The molecule has 2 nitrogen and oxygen atoms in total. The van der Waals surface area contributed by atoms with Gasteiger partial charge in [0.2, 0.25) is 0 Å². The van der Waals surface area contributed by atoms with Crippen LogP contribution in [-0.4, -0.2) is 12.6 Å². The number of methoxy groups -OCH3 is 1. The van der Waals surface area contributed by atoms with E-state index in [2.05, 4.69) is 6.92 Å². The van der Waals surface area contributed by atoms with E-state index in [9.17, 15) is 4.39 Å². The van der Waals surface area contributed by atoms with E-state index >= 15 is 0 Å². The van der Waals surface area contributed by atoms with E-state index in [1.807, 2.05) is 6.07 Å². The molecule has 1 aliphatic rings. The summed E-state index contributed by atoms with van der Waals surface area (Å²) in [4.78, 5) is 0. The van der Waals surface area contributed by atoms with Crippen molar-refractivity contribution >= 4 is 0 Å². The molecule has 2 N–H and O–H groups in total. The van der Waals surface area contributed by atoms with Crippen molar-refractivity contribution in [3.8, 4) is 5.75 Å². The molecular weight excluding hydrogens is 229 g/mol. The fourth-order valence-corrected chi connectivity index (χ4v) is 2.90. The highest BCUT2D eigenvalue weighted by Crippen LogP contribution is 2.34. The summed E-state index contributed by atoms with van der Waals surface area (Å²) in [5.41, 5.74) is 7.28. The number of hydrogen-bond acceptors (Lipinski definition) is 2. The Bertz CT molecular complexity index is 421. The van der Waals surface area contributed by atoms with Crippen LogP contribution in [0.4, 0.5) is 4.39 Å². The molecule has 18 heavy (non-hydrogen) atoms. The van der Waals surface area contributed by atoms with Gasteiger partial charge in [0.15, 0.2) is 11.6 Å². The second-order valence-corrected chi connectivity index (χ2v) is 5.53. The first-order valence-electron chi connectivity index (χ1n) is 6.66. The first kappa shape index (κ1) is 13.3. The van der Waals surface area contributed by atoms with Gasteiger partial charge in [-0.2, -0.15) is 0 Å². The summed E-state index contributed by atoms with van der Waals surface area (Å²) in [6.45, 7) is 2.21. The van der Waals surface area contributed by atoms with Crippen LogP contribution in [0.15, 0.2) is 18.2 Å². The van der Waals surface area contributed by atoms with E-state index in [0.29, 0.717) is 11.7 Å². The summed E-state index contributed by atoms with van der Waals surface area (Å²) in [5, 5.41) is 0. The van der Waals surface area contributed by atoms with Crippen LogP contribution in [0.3, 0.4) is 0 Å². The molecule has 100 valence electrons. The Kier molecular flexibility index (Phi) is 3.91. The minimum Gasteiger partial charge on any atom is -0.494 e. The standard InChI is InChI=1S/C15H22FNO/c1-11-5-3-4-8-15(11,17)10-12-6-7-14(18-2)13(16)9-12/h6-7,9,11H,3-5,8,10,17H2,1-2H3. The average molecular weight is 251 g/mol. The van der Waals surface area contributed by atoms with Crippen LogP contribution in [0.1, 0.15) is 38.2 Å². The van der Waals surface area contributed by atoms with Gasteiger partial charge < -0.3 is 10.5 Å². The van der Waals surface area contributed by atoms with Crippen LogP contribution in [-0.2, 0) is 6.42 Å². The third kappa shape index (κ3) is 2.66. The van der Waals surface area contributed by atoms with Crippen LogP contribution >= 0.6 is 0 Å². The van der Waals surface area contributed by atoms with Crippen molar-refractivity contribution in [1.82, 2.24) is 0 Å². The van der Waals surface area contributed by atoms with Gasteiger partial charge in [0.05, 0.1) is 7.11 Å². The zero-order valence-electron chi connectivity index (χ0n) is 11.2. The highest BCUT2D eigenvalue weighted by molar-refractivity contribution is 5.30. The molecule has 2 atom stereocenters. The topological polar surface area (TPSA) is 35.2 Å². The second-order valence-electron chi connectivity index (χ2n) is 5.53. The normalized spacial score (nSPS) is 28.1. The molecule has 1 fully saturated rings. The van der Waals surface area contributed by atoms with E-state index in [0.717, 1.165) is 18.4 Å². The van der Waals surface area contributed by atoms with Crippen molar-refractivity contribution in [2.75, 3.05) is 7.11 Å². The molecule has 2 rings (SSSR count). The van der Waals surface area contributed by atoms with Crippen molar-refractivity contribution in [1.29, 1.82) is 0 Å². The van der Waals surface area contributed by atoms with Gasteiger partial charge in [-0.3, -0.25) is 0 Å². The molecule has 1 aromatic rings. The van der Waals surface area contributed by atoms with Gasteiger partial charge in [-0.15, -0.1) is 0 Å². The molecule has 1 aromatic carbocycles. The van der Waals surface area contributed by atoms with E-state index in [1.165, 1.54) is 26.4 Å². The lowest BCUT2D eigenvalue weighted by Crippen LogP contribution is -2.49. The van der Waals surface area contributed by atoms with Gasteiger partial charge in [0.1, 0.15) is 0 Å². The van der Waals surface area contributed by atoms with Gasteiger partial charge in [-0.1, -0.05) is 25.8 Å². The Morgan fingerprint density at radius 2 is 2.22 bits per heavy atom. The van der Waals surface area contributed by atoms with Crippen LogP contribution < -0.4 is 10.5 Å². The van der Waals surface area contributed by atoms with Gasteiger partial charge in [0.25, 0.3) is 0 Å². The molecule has 2 unspecified atom stereocenters. The van der Waals surface area contributed by atoms with Crippen molar-refractivity contribution < 1.29 is 9.13 Å². The number of ether oxygens (including phenoxy) is 1. The maximum Gasteiger partial charge on any atom is 0.165 e. The molecule has 0 heterocycles. The van der Waals surface area contributed by atoms with Crippen molar-refractivity contribution in [2.45, 2.75) is 44.6 Å². The van der Waals surface area contributed by atoms with Crippen LogP contribution in [0.25, 0.3) is 0 Å². The van der Waals surface area contributed by atoms with Gasteiger partial charge in [-0.05, 0) is 42.9 Å². The Morgan fingerprint density at radius 3 is 2.83 bits per heavy atom. The maximum atomic E-state index is 13.7. The third-order valence-electron chi connectivity index (χ3n) is 4.26. The van der Waals surface area contributed by atoms with Crippen molar-refractivity contribution in [3.05, 3.63) is 29.6 Å². The van der Waals surface area contributed by atoms with Gasteiger partial charge >= 0.3 is 0 Å². The molecule has 1 saturated carbocycles. The quantitative estimate of drug-likeness (QED) is 0.894. The Hall–Kier alpha value is -1.09. The zero-order chi connectivity index (χ0) is 13.2. The SMILES string of the molecule is COc1ccc(CC2(N)CCCCC2C)cc1F. The number of nitrogens with two attached hydrogens (primary N) is 1.